The molecule has 0 fully saturated rings. The van der Waals surface area contributed by atoms with Crippen molar-refractivity contribution in [2.75, 3.05) is 6.61 Å². The molecule has 0 spiro atoms. The lowest BCUT2D eigenvalue weighted by Crippen LogP contribution is -2.02. The smallest absolute Gasteiger partial charge is 0.306 e. The van der Waals surface area contributed by atoms with Gasteiger partial charge in [-0.1, -0.05) is 13.0 Å². The second kappa shape index (κ2) is 8.03. The quantitative estimate of drug-likeness (QED) is 0.746. The summed E-state index contributed by atoms with van der Waals surface area (Å²) in [5.41, 5.74) is 2.30. The van der Waals surface area contributed by atoms with E-state index >= 15 is 0 Å². The highest BCUT2D eigenvalue weighted by Crippen LogP contribution is 2.21. The van der Waals surface area contributed by atoms with Gasteiger partial charge < -0.3 is 4.74 Å². The van der Waals surface area contributed by atoms with Crippen LogP contribution in [0.1, 0.15) is 38.7 Å². The second-order valence-corrected chi connectivity index (χ2v) is 4.73. The van der Waals surface area contributed by atoms with Crippen LogP contribution in [-0.4, -0.2) is 17.6 Å². The van der Waals surface area contributed by atoms with Crippen LogP contribution < -0.4 is 0 Å². The molecule has 0 bridgehead atoms. The van der Waals surface area contributed by atoms with Gasteiger partial charge in [0.15, 0.2) is 0 Å². The van der Waals surface area contributed by atoms with E-state index in [0.717, 1.165) is 16.5 Å². The van der Waals surface area contributed by atoms with Crippen LogP contribution >= 0.6 is 15.9 Å². The lowest BCUT2D eigenvalue weighted by molar-refractivity contribution is -0.142. The van der Waals surface area contributed by atoms with Crippen LogP contribution in [0.3, 0.4) is 0 Å². The van der Waals surface area contributed by atoms with Gasteiger partial charge in [-0.15, -0.1) is 0 Å². The fourth-order valence-corrected chi connectivity index (χ4v) is 2.02. The highest BCUT2D eigenvalue weighted by Gasteiger charge is 2.03. The molecule has 0 radical (unpaired) electrons. The largest absolute Gasteiger partial charge is 0.466 e. The third-order valence-electron chi connectivity index (χ3n) is 2.50. The van der Waals surface area contributed by atoms with Crippen LogP contribution in [0.15, 0.2) is 29.0 Å². The standard InChI is InChI=1S/C14H18BrNO2/c1-3-11(6-5-7-14(17)18-4-2)12-8-13(15)10-16-9-12/h6,8-10H,3-5,7H2,1-2H3. The molecular weight excluding hydrogens is 294 g/mol. The van der Waals surface area contributed by atoms with E-state index in [4.69, 9.17) is 4.74 Å². The summed E-state index contributed by atoms with van der Waals surface area (Å²) in [4.78, 5) is 15.4. The van der Waals surface area contributed by atoms with Crippen LogP contribution in [0, 0.1) is 0 Å². The lowest BCUT2D eigenvalue weighted by Gasteiger charge is -2.05. The fraction of sp³-hybridized carbons (Fsp3) is 0.429. The number of esters is 1. The summed E-state index contributed by atoms with van der Waals surface area (Å²) in [5, 5.41) is 0. The Morgan fingerprint density at radius 2 is 2.22 bits per heavy atom. The van der Waals surface area contributed by atoms with Crippen LogP contribution in [-0.2, 0) is 9.53 Å². The Morgan fingerprint density at radius 1 is 1.44 bits per heavy atom. The number of halogens is 1. The highest BCUT2D eigenvalue weighted by molar-refractivity contribution is 9.10. The van der Waals surface area contributed by atoms with Gasteiger partial charge in [0, 0.05) is 23.3 Å². The monoisotopic (exact) mass is 311 g/mol. The van der Waals surface area contributed by atoms with Crippen LogP contribution in [0.2, 0.25) is 0 Å². The van der Waals surface area contributed by atoms with E-state index in [0.29, 0.717) is 19.4 Å². The molecule has 4 heteroatoms. The molecule has 1 aromatic rings. The van der Waals surface area contributed by atoms with Gasteiger partial charge in [-0.25, -0.2) is 0 Å². The Balaban J connectivity index is 2.63. The molecule has 0 N–H and O–H groups in total. The maximum atomic E-state index is 11.2. The van der Waals surface area contributed by atoms with Crippen LogP contribution in [0.25, 0.3) is 5.57 Å². The van der Waals surface area contributed by atoms with Crippen molar-refractivity contribution < 1.29 is 9.53 Å². The van der Waals surface area contributed by atoms with Crippen molar-refractivity contribution in [2.24, 2.45) is 0 Å². The average Bonchev–Trinajstić information content (AvgIpc) is 2.35. The molecular formula is C14H18BrNO2. The minimum Gasteiger partial charge on any atom is -0.466 e. The van der Waals surface area contributed by atoms with Crippen molar-refractivity contribution in [3.05, 3.63) is 34.6 Å². The molecule has 0 atom stereocenters. The number of allylic oxidation sites excluding steroid dienone is 2. The third kappa shape index (κ3) is 5.00. The van der Waals surface area contributed by atoms with Crippen molar-refractivity contribution >= 4 is 27.5 Å². The number of nitrogens with zero attached hydrogens (tertiary/aromatic N) is 1. The van der Waals surface area contributed by atoms with Gasteiger partial charge in [0.1, 0.15) is 0 Å². The first-order chi connectivity index (χ1) is 8.67. The summed E-state index contributed by atoms with van der Waals surface area (Å²) in [7, 11) is 0. The fourth-order valence-electron chi connectivity index (χ4n) is 1.65. The van der Waals surface area contributed by atoms with Gasteiger partial charge in [0.25, 0.3) is 0 Å². The summed E-state index contributed by atoms with van der Waals surface area (Å²) in [6, 6.07) is 2.03. The van der Waals surface area contributed by atoms with Gasteiger partial charge in [-0.05, 0) is 52.9 Å². The third-order valence-corrected chi connectivity index (χ3v) is 2.93. The number of hydrogen-bond donors (Lipinski definition) is 0. The molecule has 0 aliphatic heterocycles. The summed E-state index contributed by atoms with van der Waals surface area (Å²) < 4.78 is 5.86. The van der Waals surface area contributed by atoms with Gasteiger partial charge >= 0.3 is 5.97 Å². The number of ether oxygens (including phenoxy) is 1. The predicted molar refractivity (Wildman–Crippen MR) is 76.1 cm³/mol. The number of carbonyl (C=O) groups is 1. The van der Waals surface area contributed by atoms with Gasteiger partial charge in [0.05, 0.1) is 6.61 Å². The van der Waals surface area contributed by atoms with Crippen LogP contribution in [0.5, 0.6) is 0 Å². The first-order valence-electron chi connectivity index (χ1n) is 6.13. The molecule has 0 amide bonds. The lowest BCUT2D eigenvalue weighted by atomic mass is 10.0. The van der Waals surface area contributed by atoms with E-state index in [-0.39, 0.29) is 5.97 Å². The summed E-state index contributed by atoms with van der Waals surface area (Å²) in [6.45, 7) is 4.36. The second-order valence-electron chi connectivity index (χ2n) is 3.82. The highest BCUT2D eigenvalue weighted by atomic mass is 79.9. The van der Waals surface area contributed by atoms with Gasteiger partial charge in [-0.3, -0.25) is 9.78 Å². The SMILES string of the molecule is CCOC(=O)CCC=C(CC)c1cncc(Br)c1. The Hall–Kier alpha value is -1.16. The summed E-state index contributed by atoms with van der Waals surface area (Å²) >= 11 is 3.41. The molecule has 0 aromatic carbocycles. The van der Waals surface area contributed by atoms with Crippen molar-refractivity contribution in [1.82, 2.24) is 4.98 Å². The predicted octanol–water partition coefficient (Wildman–Crippen LogP) is 3.98. The molecule has 3 nitrogen and oxygen atoms in total. The number of rotatable bonds is 6. The summed E-state index contributed by atoms with van der Waals surface area (Å²) in [5.74, 6) is -0.142. The minimum atomic E-state index is -0.142. The van der Waals surface area contributed by atoms with E-state index < -0.39 is 0 Å². The average molecular weight is 312 g/mol. The molecule has 0 aliphatic rings. The Bertz CT molecular complexity index is 430. The molecule has 0 saturated carbocycles. The summed E-state index contributed by atoms with van der Waals surface area (Å²) in [6.07, 6.45) is 7.73. The van der Waals surface area contributed by atoms with Crippen molar-refractivity contribution in [1.29, 1.82) is 0 Å². The molecule has 98 valence electrons. The minimum absolute atomic E-state index is 0.142. The molecule has 0 saturated heterocycles. The normalized spacial score (nSPS) is 11.4. The van der Waals surface area contributed by atoms with Crippen LogP contribution in [0.4, 0.5) is 0 Å². The number of aromatic nitrogens is 1. The van der Waals surface area contributed by atoms with E-state index in [2.05, 4.69) is 33.9 Å². The first kappa shape index (κ1) is 14.9. The Kier molecular flexibility index (Phi) is 6.65. The molecule has 0 aliphatic carbocycles. The molecule has 1 rings (SSSR count). The maximum Gasteiger partial charge on any atom is 0.306 e. The zero-order chi connectivity index (χ0) is 13.4. The Labute approximate surface area is 116 Å². The zero-order valence-corrected chi connectivity index (χ0v) is 12.4. The molecule has 0 unspecified atom stereocenters. The van der Waals surface area contributed by atoms with E-state index in [1.54, 1.807) is 6.20 Å². The van der Waals surface area contributed by atoms with E-state index in [1.165, 1.54) is 5.57 Å². The first-order valence-corrected chi connectivity index (χ1v) is 6.92. The van der Waals surface area contributed by atoms with E-state index in [9.17, 15) is 4.79 Å². The maximum absolute atomic E-state index is 11.2. The number of pyridine rings is 1. The van der Waals surface area contributed by atoms with E-state index in [1.807, 2.05) is 19.2 Å². The molecule has 1 aromatic heterocycles. The van der Waals surface area contributed by atoms with Crippen molar-refractivity contribution in [3.63, 3.8) is 0 Å². The number of carbonyl (C=O) groups excluding carboxylic acids is 1. The topological polar surface area (TPSA) is 39.2 Å². The molecule has 1 heterocycles. The number of hydrogen-bond acceptors (Lipinski definition) is 3. The Morgan fingerprint density at radius 3 is 2.83 bits per heavy atom. The van der Waals surface area contributed by atoms with Gasteiger partial charge in [-0.2, -0.15) is 0 Å². The molecule has 18 heavy (non-hydrogen) atoms. The van der Waals surface area contributed by atoms with Gasteiger partial charge in [0.2, 0.25) is 0 Å². The zero-order valence-electron chi connectivity index (χ0n) is 10.8. The van der Waals surface area contributed by atoms with Crippen molar-refractivity contribution in [3.8, 4) is 0 Å². The van der Waals surface area contributed by atoms with Crippen molar-refractivity contribution in [2.45, 2.75) is 33.1 Å².